The van der Waals surface area contributed by atoms with Crippen molar-refractivity contribution in [3.05, 3.63) is 46.2 Å². The molecule has 0 atom stereocenters. The minimum Gasteiger partial charge on any atom is -0.330 e. The number of halogens is 1. The highest BCUT2D eigenvalue weighted by Gasteiger charge is 2.07. The molecule has 0 aliphatic rings. The van der Waals surface area contributed by atoms with Crippen LogP contribution in [0.1, 0.15) is 17.0 Å². The first kappa shape index (κ1) is 14.3. The van der Waals surface area contributed by atoms with Crippen LogP contribution < -0.4 is 5.73 Å². The second kappa shape index (κ2) is 6.37. The second-order valence-corrected chi connectivity index (χ2v) is 5.76. The van der Waals surface area contributed by atoms with E-state index in [1.165, 1.54) is 11.8 Å². The largest absolute Gasteiger partial charge is 0.330 e. The monoisotopic (exact) mass is 293 g/mol. The maximum absolute atomic E-state index is 6.28. The van der Waals surface area contributed by atoms with E-state index in [2.05, 4.69) is 9.97 Å². The fourth-order valence-corrected chi connectivity index (χ4v) is 2.97. The Morgan fingerprint density at radius 3 is 2.42 bits per heavy atom. The molecule has 0 saturated carbocycles. The van der Waals surface area contributed by atoms with Gasteiger partial charge < -0.3 is 5.73 Å². The van der Waals surface area contributed by atoms with Gasteiger partial charge in [0.1, 0.15) is 0 Å². The molecule has 3 nitrogen and oxygen atoms in total. The minimum absolute atomic E-state index is 0.628. The van der Waals surface area contributed by atoms with Gasteiger partial charge in [-0.15, -0.1) is 0 Å². The lowest BCUT2D eigenvalue weighted by Gasteiger charge is -2.06. The first-order chi connectivity index (χ1) is 9.08. The molecule has 1 heterocycles. The van der Waals surface area contributed by atoms with Crippen LogP contribution in [0.2, 0.25) is 5.02 Å². The molecule has 0 amide bonds. The van der Waals surface area contributed by atoms with Crippen LogP contribution in [0.5, 0.6) is 0 Å². The normalized spacial score (nSPS) is 10.7. The highest BCUT2D eigenvalue weighted by molar-refractivity contribution is 7.99. The molecule has 1 aromatic carbocycles. The van der Waals surface area contributed by atoms with Crippen molar-refractivity contribution in [1.29, 1.82) is 0 Å². The van der Waals surface area contributed by atoms with E-state index in [1.807, 2.05) is 38.1 Å². The average Bonchev–Trinajstić information content (AvgIpc) is 2.32. The zero-order valence-corrected chi connectivity index (χ0v) is 12.6. The summed E-state index contributed by atoms with van der Waals surface area (Å²) in [6.45, 7) is 4.55. The summed E-state index contributed by atoms with van der Waals surface area (Å²) in [5, 5.41) is 1.45. The van der Waals surface area contributed by atoms with E-state index in [0.717, 1.165) is 38.4 Å². The topological polar surface area (TPSA) is 51.8 Å². The molecular formula is C14H16ClN3S. The number of hydrogen-bond donors (Lipinski definition) is 1. The van der Waals surface area contributed by atoms with Crippen LogP contribution in [0.25, 0.3) is 0 Å². The maximum Gasteiger partial charge on any atom is 0.192 e. The fraction of sp³-hybridized carbons (Fsp3) is 0.286. The third-order valence-electron chi connectivity index (χ3n) is 2.59. The Morgan fingerprint density at radius 2 is 1.84 bits per heavy atom. The Morgan fingerprint density at radius 1 is 1.16 bits per heavy atom. The molecule has 0 spiro atoms. The molecule has 2 rings (SSSR count). The van der Waals surface area contributed by atoms with Gasteiger partial charge in [-0.1, -0.05) is 17.7 Å². The summed E-state index contributed by atoms with van der Waals surface area (Å²) < 4.78 is 0. The summed E-state index contributed by atoms with van der Waals surface area (Å²) in [5.41, 5.74) is 8.62. The minimum atomic E-state index is 0.628. The summed E-state index contributed by atoms with van der Waals surface area (Å²) in [5.74, 6) is 0. The third kappa shape index (κ3) is 3.93. The summed E-state index contributed by atoms with van der Waals surface area (Å²) >= 11 is 7.76. The van der Waals surface area contributed by atoms with Gasteiger partial charge in [0.2, 0.25) is 0 Å². The smallest absolute Gasteiger partial charge is 0.192 e. The van der Waals surface area contributed by atoms with E-state index in [4.69, 9.17) is 17.3 Å². The van der Waals surface area contributed by atoms with Crippen LogP contribution in [-0.2, 0) is 6.42 Å². The zero-order chi connectivity index (χ0) is 13.8. The van der Waals surface area contributed by atoms with Crippen LogP contribution in [0.4, 0.5) is 0 Å². The lowest BCUT2D eigenvalue weighted by molar-refractivity contribution is 0.902. The first-order valence-electron chi connectivity index (χ1n) is 6.07. The lowest BCUT2D eigenvalue weighted by atomic mass is 10.1. The zero-order valence-electron chi connectivity index (χ0n) is 11.0. The van der Waals surface area contributed by atoms with Gasteiger partial charge in [-0.2, -0.15) is 0 Å². The Bertz CT molecular complexity index is 567. The summed E-state index contributed by atoms with van der Waals surface area (Å²) in [7, 11) is 0. The van der Waals surface area contributed by atoms with Crippen LogP contribution in [0.3, 0.4) is 0 Å². The van der Waals surface area contributed by atoms with Crippen molar-refractivity contribution in [1.82, 2.24) is 9.97 Å². The van der Waals surface area contributed by atoms with Gasteiger partial charge in [0.25, 0.3) is 0 Å². The van der Waals surface area contributed by atoms with Gasteiger partial charge >= 0.3 is 0 Å². The standard InChI is InChI=1S/C14H16ClN3S/c1-9-7-10(2)18-14(17-9)19-13-4-3-11(5-6-16)8-12(13)15/h3-4,7-8H,5-6,16H2,1-2H3. The average molecular weight is 294 g/mol. The number of rotatable bonds is 4. The van der Waals surface area contributed by atoms with Gasteiger partial charge in [-0.3, -0.25) is 0 Å². The summed E-state index contributed by atoms with van der Waals surface area (Å²) in [6, 6.07) is 7.96. The number of nitrogens with two attached hydrogens (primary N) is 1. The molecule has 0 aliphatic heterocycles. The molecule has 0 saturated heterocycles. The highest BCUT2D eigenvalue weighted by Crippen LogP contribution is 2.32. The van der Waals surface area contributed by atoms with Gasteiger partial charge in [0, 0.05) is 16.3 Å². The Hall–Kier alpha value is -1.10. The predicted octanol–water partition coefficient (Wildman–Crippen LogP) is 3.40. The number of aryl methyl sites for hydroxylation is 2. The molecule has 5 heteroatoms. The van der Waals surface area contributed by atoms with E-state index < -0.39 is 0 Å². The Kier molecular flexibility index (Phi) is 4.80. The lowest BCUT2D eigenvalue weighted by Crippen LogP contribution is -2.02. The molecule has 0 bridgehead atoms. The van der Waals surface area contributed by atoms with Crippen LogP contribution >= 0.6 is 23.4 Å². The van der Waals surface area contributed by atoms with Crippen molar-refractivity contribution in [2.75, 3.05) is 6.54 Å². The van der Waals surface area contributed by atoms with Crippen LogP contribution in [0, 0.1) is 13.8 Å². The molecular weight excluding hydrogens is 278 g/mol. The van der Waals surface area contributed by atoms with Gasteiger partial charge in [-0.05, 0) is 62.3 Å². The van der Waals surface area contributed by atoms with Crippen LogP contribution in [0.15, 0.2) is 34.3 Å². The molecule has 2 aromatic rings. The number of benzene rings is 1. The van der Waals surface area contributed by atoms with Crippen molar-refractivity contribution < 1.29 is 0 Å². The fourth-order valence-electron chi connectivity index (χ4n) is 1.79. The molecule has 100 valence electrons. The highest BCUT2D eigenvalue weighted by atomic mass is 35.5. The second-order valence-electron chi connectivity index (χ2n) is 4.34. The van der Waals surface area contributed by atoms with Crippen molar-refractivity contribution in [2.45, 2.75) is 30.3 Å². The van der Waals surface area contributed by atoms with E-state index in [9.17, 15) is 0 Å². The molecule has 0 unspecified atom stereocenters. The number of nitrogens with zero attached hydrogens (tertiary/aromatic N) is 2. The van der Waals surface area contributed by atoms with Crippen molar-refractivity contribution in [3.8, 4) is 0 Å². The van der Waals surface area contributed by atoms with E-state index in [-0.39, 0.29) is 0 Å². The predicted molar refractivity (Wildman–Crippen MR) is 79.8 cm³/mol. The Balaban J connectivity index is 2.23. The quantitative estimate of drug-likeness (QED) is 0.878. The van der Waals surface area contributed by atoms with E-state index >= 15 is 0 Å². The molecule has 0 radical (unpaired) electrons. The molecule has 0 fully saturated rings. The van der Waals surface area contributed by atoms with E-state index in [0.29, 0.717) is 6.54 Å². The third-order valence-corrected chi connectivity index (χ3v) is 3.96. The molecule has 0 aliphatic carbocycles. The maximum atomic E-state index is 6.28. The first-order valence-corrected chi connectivity index (χ1v) is 7.26. The SMILES string of the molecule is Cc1cc(C)nc(Sc2ccc(CCN)cc2Cl)n1. The number of aromatic nitrogens is 2. The van der Waals surface area contributed by atoms with Gasteiger partial charge in [-0.25, -0.2) is 9.97 Å². The van der Waals surface area contributed by atoms with Gasteiger partial charge in [0.05, 0.1) is 5.02 Å². The summed E-state index contributed by atoms with van der Waals surface area (Å²) in [6.07, 6.45) is 0.838. The molecule has 1 aromatic heterocycles. The van der Waals surface area contributed by atoms with Gasteiger partial charge in [0.15, 0.2) is 5.16 Å². The van der Waals surface area contributed by atoms with Crippen molar-refractivity contribution in [2.24, 2.45) is 5.73 Å². The summed E-state index contributed by atoms with van der Waals surface area (Å²) in [4.78, 5) is 9.77. The van der Waals surface area contributed by atoms with Crippen molar-refractivity contribution in [3.63, 3.8) is 0 Å². The Labute approximate surface area is 122 Å². The molecule has 19 heavy (non-hydrogen) atoms. The molecule has 2 N–H and O–H groups in total. The van der Waals surface area contributed by atoms with Crippen LogP contribution in [-0.4, -0.2) is 16.5 Å². The van der Waals surface area contributed by atoms with Crippen molar-refractivity contribution >= 4 is 23.4 Å². The number of hydrogen-bond acceptors (Lipinski definition) is 4. The van der Waals surface area contributed by atoms with E-state index in [1.54, 1.807) is 0 Å².